The van der Waals surface area contributed by atoms with Gasteiger partial charge in [0.05, 0.1) is 5.92 Å². The topological polar surface area (TPSA) is 63.3 Å². The van der Waals surface area contributed by atoms with Gasteiger partial charge in [-0.2, -0.15) is 0 Å². The maximum absolute atomic E-state index is 10.4. The van der Waals surface area contributed by atoms with Crippen molar-refractivity contribution >= 4 is 5.97 Å². The molecule has 3 nitrogen and oxygen atoms in total. The van der Waals surface area contributed by atoms with E-state index in [9.17, 15) is 4.79 Å². The molecule has 0 saturated heterocycles. The predicted octanol–water partition coefficient (Wildman–Crippen LogP) is 0.364. The van der Waals surface area contributed by atoms with E-state index in [1.54, 1.807) is 0 Å². The molecular formula is C7H11NO2. The van der Waals surface area contributed by atoms with Crippen LogP contribution in [0, 0.1) is 5.92 Å². The van der Waals surface area contributed by atoms with Crippen LogP contribution in [0.2, 0.25) is 0 Å². The summed E-state index contributed by atoms with van der Waals surface area (Å²) in [6, 6.07) is -0.0603. The Balaban J connectivity index is 2.52. The van der Waals surface area contributed by atoms with Crippen LogP contribution in [0.3, 0.4) is 0 Å². The Morgan fingerprint density at radius 3 is 2.80 bits per heavy atom. The molecule has 0 aromatic carbocycles. The van der Waals surface area contributed by atoms with Gasteiger partial charge in [0.1, 0.15) is 0 Å². The summed E-state index contributed by atoms with van der Waals surface area (Å²) in [5.41, 5.74) is 5.51. The van der Waals surface area contributed by atoms with Gasteiger partial charge in [0.2, 0.25) is 0 Å². The third-order valence-electron chi connectivity index (χ3n) is 1.71. The number of carbonyl (C=O) groups is 1. The smallest absolute Gasteiger partial charge is 0.306 e. The second-order valence-corrected chi connectivity index (χ2v) is 2.60. The Labute approximate surface area is 59.5 Å². The molecule has 10 heavy (non-hydrogen) atoms. The third kappa shape index (κ3) is 1.57. The zero-order chi connectivity index (χ0) is 7.56. The molecule has 0 bridgehead atoms. The second kappa shape index (κ2) is 2.84. The number of aliphatic carboxylic acids is 1. The molecule has 0 aromatic rings. The van der Waals surface area contributed by atoms with E-state index in [0.29, 0.717) is 12.8 Å². The molecule has 0 aliphatic heterocycles. The Morgan fingerprint density at radius 2 is 2.40 bits per heavy atom. The number of carboxylic acids is 1. The van der Waals surface area contributed by atoms with E-state index >= 15 is 0 Å². The summed E-state index contributed by atoms with van der Waals surface area (Å²) in [5, 5.41) is 8.57. The molecule has 1 rings (SSSR count). The van der Waals surface area contributed by atoms with Crippen molar-refractivity contribution in [1.82, 2.24) is 0 Å². The van der Waals surface area contributed by atoms with E-state index in [-0.39, 0.29) is 12.0 Å². The molecule has 1 aliphatic carbocycles. The van der Waals surface area contributed by atoms with E-state index in [1.807, 2.05) is 12.2 Å². The van der Waals surface area contributed by atoms with Crippen LogP contribution in [0.15, 0.2) is 12.2 Å². The summed E-state index contributed by atoms with van der Waals surface area (Å²) in [6.45, 7) is 0. The zero-order valence-corrected chi connectivity index (χ0v) is 5.66. The molecule has 0 heterocycles. The molecule has 0 radical (unpaired) electrons. The van der Waals surface area contributed by atoms with Crippen LogP contribution in [-0.2, 0) is 4.79 Å². The lowest BCUT2D eigenvalue weighted by Crippen LogP contribution is -2.28. The highest BCUT2D eigenvalue weighted by molar-refractivity contribution is 5.70. The van der Waals surface area contributed by atoms with E-state index in [2.05, 4.69) is 0 Å². The average Bonchev–Trinajstić information content (AvgIpc) is 1.88. The van der Waals surface area contributed by atoms with Gasteiger partial charge in [-0.15, -0.1) is 0 Å². The minimum Gasteiger partial charge on any atom is -0.481 e. The summed E-state index contributed by atoms with van der Waals surface area (Å²) in [6.07, 6.45) is 4.90. The number of nitrogens with two attached hydrogens (primary N) is 1. The van der Waals surface area contributed by atoms with Gasteiger partial charge in [-0.05, 0) is 12.8 Å². The zero-order valence-electron chi connectivity index (χ0n) is 5.66. The van der Waals surface area contributed by atoms with Crippen molar-refractivity contribution in [3.63, 3.8) is 0 Å². The average molecular weight is 141 g/mol. The van der Waals surface area contributed by atoms with Crippen LogP contribution >= 0.6 is 0 Å². The highest BCUT2D eigenvalue weighted by Crippen LogP contribution is 2.16. The SMILES string of the molecule is N[C@@H]1C=CC[C@@H](C(=O)O)C1. The normalized spacial score (nSPS) is 32.1. The van der Waals surface area contributed by atoms with Gasteiger partial charge in [-0.3, -0.25) is 4.79 Å². The van der Waals surface area contributed by atoms with Crippen molar-refractivity contribution in [3.05, 3.63) is 12.2 Å². The van der Waals surface area contributed by atoms with Gasteiger partial charge < -0.3 is 10.8 Å². The molecule has 0 amide bonds. The van der Waals surface area contributed by atoms with Crippen molar-refractivity contribution in [2.75, 3.05) is 0 Å². The molecule has 0 fully saturated rings. The van der Waals surface area contributed by atoms with Gasteiger partial charge >= 0.3 is 5.97 Å². The molecule has 2 atom stereocenters. The number of rotatable bonds is 1. The Hall–Kier alpha value is -0.830. The first-order valence-corrected chi connectivity index (χ1v) is 3.35. The van der Waals surface area contributed by atoms with E-state index < -0.39 is 5.97 Å². The summed E-state index contributed by atoms with van der Waals surface area (Å²) in [4.78, 5) is 10.4. The molecule has 56 valence electrons. The van der Waals surface area contributed by atoms with Crippen LogP contribution in [0.5, 0.6) is 0 Å². The van der Waals surface area contributed by atoms with Crippen molar-refractivity contribution in [3.8, 4) is 0 Å². The number of hydrogen-bond donors (Lipinski definition) is 2. The maximum Gasteiger partial charge on any atom is 0.306 e. The first-order chi connectivity index (χ1) is 4.70. The maximum atomic E-state index is 10.4. The van der Waals surface area contributed by atoms with Crippen LogP contribution in [0.1, 0.15) is 12.8 Å². The van der Waals surface area contributed by atoms with Crippen molar-refractivity contribution in [1.29, 1.82) is 0 Å². The van der Waals surface area contributed by atoms with Crippen LogP contribution in [0.4, 0.5) is 0 Å². The molecule has 0 unspecified atom stereocenters. The highest BCUT2D eigenvalue weighted by Gasteiger charge is 2.20. The van der Waals surface area contributed by atoms with Crippen LogP contribution in [0.25, 0.3) is 0 Å². The standard InChI is InChI=1S/C7H11NO2/c8-6-3-1-2-5(4-6)7(9)10/h1,3,5-6H,2,4,8H2,(H,9,10)/t5-,6-/m1/s1. The molecular weight excluding hydrogens is 130 g/mol. The molecule has 1 aliphatic rings. The summed E-state index contributed by atoms with van der Waals surface area (Å²) in [5.74, 6) is -1.00. The predicted molar refractivity (Wildman–Crippen MR) is 37.5 cm³/mol. The number of allylic oxidation sites excluding steroid dienone is 1. The Bertz CT molecular complexity index is 165. The second-order valence-electron chi connectivity index (χ2n) is 2.60. The monoisotopic (exact) mass is 141 g/mol. The van der Waals surface area contributed by atoms with Gasteiger partial charge in [0.25, 0.3) is 0 Å². The lowest BCUT2D eigenvalue weighted by atomic mass is 9.92. The van der Waals surface area contributed by atoms with Crippen molar-refractivity contribution in [2.24, 2.45) is 11.7 Å². The Kier molecular flexibility index (Phi) is 2.06. The third-order valence-corrected chi connectivity index (χ3v) is 1.71. The fourth-order valence-electron chi connectivity index (χ4n) is 1.12. The highest BCUT2D eigenvalue weighted by atomic mass is 16.4. The first-order valence-electron chi connectivity index (χ1n) is 3.35. The van der Waals surface area contributed by atoms with Crippen LogP contribution in [-0.4, -0.2) is 17.1 Å². The lowest BCUT2D eigenvalue weighted by molar-refractivity contribution is -0.142. The summed E-state index contributed by atoms with van der Waals surface area (Å²) >= 11 is 0. The fraction of sp³-hybridized carbons (Fsp3) is 0.571. The summed E-state index contributed by atoms with van der Waals surface area (Å²) in [7, 11) is 0. The molecule has 0 spiro atoms. The van der Waals surface area contributed by atoms with Gasteiger partial charge in [-0.1, -0.05) is 12.2 Å². The minimum absolute atomic E-state index is 0.0603. The van der Waals surface area contributed by atoms with Gasteiger partial charge in [0, 0.05) is 6.04 Å². The molecule has 3 N–H and O–H groups in total. The molecule has 0 aromatic heterocycles. The molecule has 3 heteroatoms. The quantitative estimate of drug-likeness (QED) is 0.518. The minimum atomic E-state index is -0.736. The van der Waals surface area contributed by atoms with Crippen molar-refractivity contribution < 1.29 is 9.90 Å². The largest absolute Gasteiger partial charge is 0.481 e. The lowest BCUT2D eigenvalue weighted by Gasteiger charge is -2.17. The first kappa shape index (κ1) is 7.28. The Morgan fingerprint density at radius 1 is 1.70 bits per heavy atom. The van der Waals surface area contributed by atoms with E-state index in [1.165, 1.54) is 0 Å². The number of hydrogen-bond acceptors (Lipinski definition) is 2. The van der Waals surface area contributed by atoms with Gasteiger partial charge in [-0.25, -0.2) is 0 Å². The fourth-order valence-corrected chi connectivity index (χ4v) is 1.12. The molecule has 0 saturated carbocycles. The van der Waals surface area contributed by atoms with Gasteiger partial charge in [0.15, 0.2) is 0 Å². The van der Waals surface area contributed by atoms with E-state index in [4.69, 9.17) is 10.8 Å². The van der Waals surface area contributed by atoms with Crippen LogP contribution < -0.4 is 5.73 Å². The van der Waals surface area contributed by atoms with Crippen molar-refractivity contribution in [2.45, 2.75) is 18.9 Å². The van der Waals surface area contributed by atoms with E-state index in [0.717, 1.165) is 0 Å². The summed E-state index contributed by atoms with van der Waals surface area (Å²) < 4.78 is 0. The number of carboxylic acid groups (broad SMARTS) is 1.